The van der Waals surface area contributed by atoms with Crippen molar-refractivity contribution in [1.82, 2.24) is 29.7 Å². The average molecular weight is 468 g/mol. The Bertz CT molecular complexity index is 1370. The average Bonchev–Trinajstić information content (AvgIpc) is 2.92. The van der Waals surface area contributed by atoms with Crippen LogP contribution in [-0.4, -0.2) is 82.0 Å². The van der Waals surface area contributed by atoms with Gasteiger partial charge in [0.05, 0.1) is 23.1 Å². The van der Waals surface area contributed by atoms with E-state index in [4.69, 9.17) is 4.98 Å². The Morgan fingerprint density at radius 3 is 2.43 bits per heavy atom. The number of carbonyl (C=O) groups excluding carboxylic acids is 1. The van der Waals surface area contributed by atoms with E-state index in [0.29, 0.717) is 18.8 Å². The predicted molar refractivity (Wildman–Crippen MR) is 137 cm³/mol. The largest absolute Gasteiger partial charge is 0.368 e. The summed E-state index contributed by atoms with van der Waals surface area (Å²) in [5.74, 6) is 0.257. The van der Waals surface area contributed by atoms with E-state index in [1.54, 1.807) is 12.5 Å². The summed E-state index contributed by atoms with van der Waals surface area (Å²) >= 11 is 0. The molecular formula is C27H29N7O. The van der Waals surface area contributed by atoms with Gasteiger partial charge in [-0.1, -0.05) is 24.3 Å². The van der Waals surface area contributed by atoms with Crippen molar-refractivity contribution in [2.45, 2.75) is 18.8 Å². The van der Waals surface area contributed by atoms with Gasteiger partial charge in [0.2, 0.25) is 0 Å². The van der Waals surface area contributed by atoms with Gasteiger partial charge in [0.25, 0.3) is 5.91 Å². The van der Waals surface area contributed by atoms with Crippen molar-refractivity contribution in [3.05, 3.63) is 66.5 Å². The highest BCUT2D eigenvalue weighted by molar-refractivity contribution is 5.96. The van der Waals surface area contributed by atoms with Crippen LogP contribution in [0.1, 0.15) is 34.9 Å². The fourth-order valence-corrected chi connectivity index (χ4v) is 5.21. The summed E-state index contributed by atoms with van der Waals surface area (Å²) in [6, 6.07) is 12.0. The van der Waals surface area contributed by atoms with Crippen LogP contribution in [0, 0.1) is 0 Å². The van der Waals surface area contributed by atoms with Gasteiger partial charge < -0.3 is 14.7 Å². The lowest BCUT2D eigenvalue weighted by molar-refractivity contribution is 0.0706. The molecule has 0 radical (unpaired) electrons. The van der Waals surface area contributed by atoms with Gasteiger partial charge in [-0.15, -0.1) is 0 Å². The first-order valence-corrected chi connectivity index (χ1v) is 12.3. The van der Waals surface area contributed by atoms with Crippen LogP contribution in [0.25, 0.3) is 21.8 Å². The maximum Gasteiger partial charge on any atom is 0.272 e. The lowest BCUT2D eigenvalue weighted by atomic mass is 9.92. The van der Waals surface area contributed by atoms with Gasteiger partial charge in [-0.25, -0.2) is 9.97 Å². The number of anilines is 1. The number of hydrogen-bond donors (Lipinski definition) is 0. The molecule has 8 heteroatoms. The molecule has 2 aliphatic heterocycles. The Morgan fingerprint density at radius 1 is 0.857 bits per heavy atom. The Labute approximate surface area is 204 Å². The number of pyridine rings is 2. The van der Waals surface area contributed by atoms with Crippen LogP contribution in [0.4, 0.5) is 5.69 Å². The highest BCUT2D eigenvalue weighted by atomic mass is 16.2. The zero-order valence-corrected chi connectivity index (χ0v) is 20.0. The summed E-state index contributed by atoms with van der Waals surface area (Å²) in [6.07, 6.45) is 7.11. The van der Waals surface area contributed by atoms with E-state index in [1.807, 2.05) is 41.4 Å². The van der Waals surface area contributed by atoms with E-state index in [9.17, 15) is 4.79 Å². The van der Waals surface area contributed by atoms with E-state index in [-0.39, 0.29) is 11.8 Å². The fourth-order valence-electron chi connectivity index (χ4n) is 5.21. The molecule has 0 bridgehead atoms. The highest BCUT2D eigenvalue weighted by Crippen LogP contribution is 2.32. The summed E-state index contributed by atoms with van der Waals surface area (Å²) in [5.41, 5.74) is 4.40. The quantitative estimate of drug-likeness (QED) is 0.457. The van der Waals surface area contributed by atoms with Crippen LogP contribution in [0.5, 0.6) is 0 Å². The van der Waals surface area contributed by atoms with E-state index < -0.39 is 0 Å². The molecule has 5 heterocycles. The molecule has 0 unspecified atom stereocenters. The van der Waals surface area contributed by atoms with E-state index >= 15 is 0 Å². The minimum Gasteiger partial charge on any atom is -0.368 e. The van der Waals surface area contributed by atoms with Gasteiger partial charge in [-0.2, -0.15) is 0 Å². The molecule has 0 spiro atoms. The molecule has 35 heavy (non-hydrogen) atoms. The van der Waals surface area contributed by atoms with Gasteiger partial charge in [0.1, 0.15) is 17.5 Å². The van der Waals surface area contributed by atoms with Gasteiger partial charge >= 0.3 is 0 Å². The van der Waals surface area contributed by atoms with Crippen LogP contribution in [0.3, 0.4) is 0 Å². The number of benzene rings is 1. The van der Waals surface area contributed by atoms with Crippen molar-refractivity contribution in [1.29, 1.82) is 0 Å². The predicted octanol–water partition coefficient (Wildman–Crippen LogP) is 3.34. The number of piperidine rings is 1. The van der Waals surface area contributed by atoms with Crippen molar-refractivity contribution >= 4 is 33.4 Å². The normalized spacial score (nSPS) is 17.9. The van der Waals surface area contributed by atoms with E-state index in [0.717, 1.165) is 72.2 Å². The van der Waals surface area contributed by atoms with Crippen molar-refractivity contribution in [2.24, 2.45) is 0 Å². The Hall–Kier alpha value is -3.65. The maximum absolute atomic E-state index is 13.1. The van der Waals surface area contributed by atoms with Crippen LogP contribution >= 0.6 is 0 Å². The molecule has 3 aromatic heterocycles. The molecule has 6 rings (SSSR count). The lowest BCUT2D eigenvalue weighted by Crippen LogP contribution is -2.44. The Morgan fingerprint density at radius 2 is 1.63 bits per heavy atom. The molecule has 0 aliphatic carbocycles. The second-order valence-electron chi connectivity index (χ2n) is 9.59. The van der Waals surface area contributed by atoms with E-state index in [2.05, 4.69) is 37.9 Å². The van der Waals surface area contributed by atoms with Crippen LogP contribution in [0.2, 0.25) is 0 Å². The third kappa shape index (κ3) is 4.30. The lowest BCUT2D eigenvalue weighted by Gasteiger charge is -2.34. The Balaban J connectivity index is 1.17. The number of nitrogens with zero attached hydrogens (tertiary/aromatic N) is 7. The van der Waals surface area contributed by atoms with Gasteiger partial charge in [0.15, 0.2) is 0 Å². The number of carbonyl (C=O) groups is 1. The molecule has 0 N–H and O–H groups in total. The zero-order valence-electron chi connectivity index (χ0n) is 20.0. The summed E-state index contributed by atoms with van der Waals surface area (Å²) < 4.78 is 0. The minimum absolute atomic E-state index is 0.00306. The van der Waals surface area contributed by atoms with Crippen LogP contribution in [0.15, 0.2) is 55.1 Å². The number of piperazine rings is 1. The minimum atomic E-state index is -0.00306. The topological polar surface area (TPSA) is 78.4 Å². The number of fused-ring (bicyclic) bond motifs is 2. The molecule has 8 nitrogen and oxygen atoms in total. The third-order valence-corrected chi connectivity index (χ3v) is 7.38. The van der Waals surface area contributed by atoms with Gasteiger partial charge in [0, 0.05) is 56.8 Å². The number of hydrogen-bond acceptors (Lipinski definition) is 7. The molecule has 2 saturated heterocycles. The molecule has 1 aromatic carbocycles. The SMILES string of the molecule is CN1CCN(c2cnc3c(C4CCN(C(=O)c5cc6ccccc6cn5)CC4)ncnc3c2)CC1. The number of aromatic nitrogens is 4. The molecule has 2 aliphatic rings. The number of likely N-dealkylation sites (N-methyl/N-ethyl adjacent to an activating group) is 1. The first kappa shape index (κ1) is 21.9. The van der Waals surface area contributed by atoms with Crippen LogP contribution < -0.4 is 4.90 Å². The molecule has 2 fully saturated rings. The van der Waals surface area contributed by atoms with Crippen molar-refractivity contribution in [3.8, 4) is 0 Å². The summed E-state index contributed by atoms with van der Waals surface area (Å²) in [7, 11) is 2.16. The second kappa shape index (κ2) is 9.19. The van der Waals surface area contributed by atoms with E-state index in [1.165, 1.54) is 0 Å². The maximum atomic E-state index is 13.1. The first-order chi connectivity index (χ1) is 17.2. The standard InChI is InChI=1S/C27H29N7O/c1-32-10-12-33(13-11-32)22-15-23-26(29-17-22)25(31-18-30-23)19-6-8-34(9-7-19)27(35)24-14-20-4-2-3-5-21(20)16-28-24/h2-5,14-19H,6-13H2,1H3. The molecule has 4 aromatic rings. The smallest absolute Gasteiger partial charge is 0.272 e. The number of amides is 1. The first-order valence-electron chi connectivity index (χ1n) is 12.3. The molecule has 178 valence electrons. The Kier molecular flexibility index (Phi) is 5.74. The second-order valence-corrected chi connectivity index (χ2v) is 9.59. The number of rotatable bonds is 3. The summed E-state index contributed by atoms with van der Waals surface area (Å²) in [5, 5.41) is 2.08. The van der Waals surface area contributed by atoms with Crippen molar-refractivity contribution < 1.29 is 4.79 Å². The van der Waals surface area contributed by atoms with Gasteiger partial charge in [-0.3, -0.25) is 14.8 Å². The fraction of sp³-hybridized carbons (Fsp3) is 0.370. The molecule has 1 amide bonds. The van der Waals surface area contributed by atoms with Crippen LogP contribution in [-0.2, 0) is 0 Å². The molecule has 0 saturated carbocycles. The monoisotopic (exact) mass is 467 g/mol. The highest BCUT2D eigenvalue weighted by Gasteiger charge is 2.28. The number of likely N-dealkylation sites (tertiary alicyclic amines) is 1. The zero-order chi connectivity index (χ0) is 23.8. The van der Waals surface area contributed by atoms with Gasteiger partial charge in [-0.05, 0) is 37.4 Å². The molecule has 0 atom stereocenters. The van der Waals surface area contributed by atoms with Crippen molar-refractivity contribution in [2.75, 3.05) is 51.2 Å². The third-order valence-electron chi connectivity index (χ3n) is 7.38. The molecular weight excluding hydrogens is 438 g/mol. The summed E-state index contributed by atoms with van der Waals surface area (Å²) in [4.78, 5) is 38.2. The van der Waals surface area contributed by atoms with Crippen molar-refractivity contribution in [3.63, 3.8) is 0 Å². The summed E-state index contributed by atoms with van der Waals surface area (Å²) in [6.45, 7) is 5.48.